The zero-order valence-corrected chi connectivity index (χ0v) is 13.3. The minimum Gasteiger partial charge on any atom is -0.463 e. The van der Waals surface area contributed by atoms with Gasteiger partial charge in [0.1, 0.15) is 0 Å². The van der Waals surface area contributed by atoms with Gasteiger partial charge in [0.15, 0.2) is 0 Å². The molecule has 108 valence electrons. The summed E-state index contributed by atoms with van der Waals surface area (Å²) < 4.78 is 5.42. The smallest absolute Gasteiger partial charge is 0.322 e. The highest BCUT2D eigenvalue weighted by Gasteiger charge is 2.26. The molecule has 0 N–H and O–H groups in total. The molecule has 0 bridgehead atoms. The van der Waals surface area contributed by atoms with Crippen molar-refractivity contribution < 1.29 is 4.74 Å². The molecule has 0 amide bonds. The van der Waals surface area contributed by atoms with Gasteiger partial charge in [-0.3, -0.25) is 0 Å². The Morgan fingerprint density at radius 1 is 1.26 bits per heavy atom. The topological polar surface area (TPSA) is 51.1 Å². The molecule has 0 aliphatic heterocycles. The van der Waals surface area contributed by atoms with Crippen LogP contribution < -0.4 is 9.64 Å². The molecule has 1 unspecified atom stereocenters. The van der Waals surface area contributed by atoms with E-state index in [9.17, 15) is 0 Å². The van der Waals surface area contributed by atoms with Crippen LogP contribution >= 0.6 is 11.6 Å². The molecule has 1 heterocycles. The van der Waals surface area contributed by atoms with E-state index >= 15 is 0 Å². The lowest BCUT2D eigenvalue weighted by molar-refractivity contribution is 0.289. The van der Waals surface area contributed by atoms with E-state index in [4.69, 9.17) is 16.3 Å². The van der Waals surface area contributed by atoms with Gasteiger partial charge in [-0.2, -0.15) is 15.0 Å². The lowest BCUT2D eigenvalue weighted by Gasteiger charge is -2.35. The summed E-state index contributed by atoms with van der Waals surface area (Å²) in [5.74, 6) is 0.536. The van der Waals surface area contributed by atoms with Gasteiger partial charge < -0.3 is 9.64 Å². The third kappa shape index (κ3) is 4.49. The number of halogens is 1. The molecule has 1 rings (SSSR count). The summed E-state index contributed by atoms with van der Waals surface area (Å²) in [5, 5.41) is 0.157. The zero-order chi connectivity index (χ0) is 14.6. The minimum atomic E-state index is 0.109. The molecule has 0 spiro atoms. The van der Waals surface area contributed by atoms with E-state index in [-0.39, 0.29) is 22.8 Å². The summed E-state index contributed by atoms with van der Waals surface area (Å²) >= 11 is 5.92. The van der Waals surface area contributed by atoms with Crippen molar-refractivity contribution in [3.05, 3.63) is 5.28 Å². The highest BCUT2D eigenvalue weighted by molar-refractivity contribution is 6.28. The SMILES string of the molecule is CCCOc1nc(Cl)nc(N(C)C(C)C(C)(C)C)n1. The van der Waals surface area contributed by atoms with Crippen LogP contribution in [0.3, 0.4) is 0 Å². The fourth-order valence-electron chi connectivity index (χ4n) is 1.49. The molecule has 6 heteroatoms. The Bertz CT molecular complexity index is 420. The molecule has 0 saturated heterocycles. The maximum absolute atomic E-state index is 5.92. The van der Waals surface area contributed by atoms with Crippen LogP contribution in [-0.4, -0.2) is 34.6 Å². The van der Waals surface area contributed by atoms with Crippen LogP contribution in [-0.2, 0) is 0 Å². The van der Waals surface area contributed by atoms with Crippen LogP contribution in [0.15, 0.2) is 0 Å². The zero-order valence-electron chi connectivity index (χ0n) is 12.6. The third-order valence-corrected chi connectivity index (χ3v) is 3.33. The fourth-order valence-corrected chi connectivity index (χ4v) is 1.64. The summed E-state index contributed by atoms with van der Waals surface area (Å²) in [4.78, 5) is 14.4. The van der Waals surface area contributed by atoms with Gasteiger partial charge in [-0.15, -0.1) is 0 Å². The van der Waals surface area contributed by atoms with E-state index in [1.807, 2.05) is 18.9 Å². The number of hydrogen-bond donors (Lipinski definition) is 0. The Balaban J connectivity index is 2.96. The summed E-state index contributed by atoms with van der Waals surface area (Å²) in [6.07, 6.45) is 0.896. The first-order valence-corrected chi connectivity index (χ1v) is 6.90. The van der Waals surface area contributed by atoms with Crippen LogP contribution in [0.25, 0.3) is 0 Å². The molecule has 0 aliphatic rings. The normalized spacial score (nSPS) is 13.2. The first-order valence-electron chi connectivity index (χ1n) is 6.53. The van der Waals surface area contributed by atoms with Gasteiger partial charge in [0, 0.05) is 13.1 Å². The van der Waals surface area contributed by atoms with Crippen LogP contribution in [0.1, 0.15) is 41.0 Å². The first kappa shape index (κ1) is 16.0. The predicted octanol–water partition coefficient (Wildman–Crippen LogP) is 3.18. The fraction of sp³-hybridized carbons (Fsp3) is 0.769. The highest BCUT2D eigenvalue weighted by Crippen LogP contribution is 2.26. The van der Waals surface area contributed by atoms with Gasteiger partial charge >= 0.3 is 6.01 Å². The Morgan fingerprint density at radius 2 is 1.89 bits per heavy atom. The summed E-state index contributed by atoms with van der Waals surface area (Å²) in [5.41, 5.74) is 0.109. The molecule has 0 aliphatic carbocycles. The standard InChI is InChI=1S/C13H23ClN4O/c1-7-8-19-12-16-10(14)15-11(17-12)18(6)9(2)13(3,4)5/h9H,7-8H2,1-6H3. The van der Waals surface area contributed by atoms with Gasteiger partial charge in [0.2, 0.25) is 11.2 Å². The predicted molar refractivity (Wildman–Crippen MR) is 77.9 cm³/mol. The summed E-state index contributed by atoms with van der Waals surface area (Å²) in [6, 6.07) is 0.537. The number of hydrogen-bond acceptors (Lipinski definition) is 5. The van der Waals surface area contributed by atoms with Crippen molar-refractivity contribution >= 4 is 17.5 Å². The second kappa shape index (κ2) is 6.37. The molecule has 1 atom stereocenters. The molecule has 0 saturated carbocycles. The highest BCUT2D eigenvalue weighted by atomic mass is 35.5. The molecule has 1 aromatic rings. The van der Waals surface area contributed by atoms with Crippen molar-refractivity contribution in [2.24, 2.45) is 5.41 Å². The monoisotopic (exact) mass is 286 g/mol. The molecule has 0 radical (unpaired) electrons. The lowest BCUT2D eigenvalue weighted by atomic mass is 9.87. The number of nitrogens with zero attached hydrogens (tertiary/aromatic N) is 4. The van der Waals surface area contributed by atoms with E-state index in [1.165, 1.54) is 0 Å². The summed E-state index contributed by atoms with van der Waals surface area (Å²) in [6.45, 7) is 11.2. The van der Waals surface area contributed by atoms with Crippen molar-refractivity contribution in [2.45, 2.75) is 47.1 Å². The van der Waals surface area contributed by atoms with Crippen molar-refractivity contribution in [2.75, 3.05) is 18.6 Å². The Hall–Kier alpha value is -1.10. The Kier molecular flexibility index (Phi) is 5.35. The second-order valence-corrected chi connectivity index (χ2v) is 6.03. The van der Waals surface area contributed by atoms with Crippen LogP contribution in [0, 0.1) is 5.41 Å². The largest absolute Gasteiger partial charge is 0.463 e. The van der Waals surface area contributed by atoms with Crippen molar-refractivity contribution in [1.29, 1.82) is 0 Å². The lowest BCUT2D eigenvalue weighted by Crippen LogP contribution is -2.40. The number of anilines is 1. The molecular formula is C13H23ClN4O. The van der Waals surface area contributed by atoms with Crippen molar-refractivity contribution in [3.8, 4) is 6.01 Å². The summed E-state index contributed by atoms with van der Waals surface area (Å²) in [7, 11) is 1.95. The molecule has 19 heavy (non-hydrogen) atoms. The maximum Gasteiger partial charge on any atom is 0.322 e. The van der Waals surface area contributed by atoms with E-state index in [1.54, 1.807) is 0 Å². The van der Waals surface area contributed by atoms with Crippen LogP contribution in [0.2, 0.25) is 5.28 Å². The average molecular weight is 287 g/mol. The maximum atomic E-state index is 5.92. The number of ether oxygens (including phenoxy) is 1. The molecule has 0 fully saturated rings. The van der Waals surface area contributed by atoms with Gasteiger partial charge in [-0.05, 0) is 30.4 Å². The molecular weight excluding hydrogens is 264 g/mol. The quantitative estimate of drug-likeness (QED) is 0.832. The third-order valence-electron chi connectivity index (χ3n) is 3.16. The van der Waals surface area contributed by atoms with Gasteiger partial charge in [0.05, 0.1) is 6.61 Å². The van der Waals surface area contributed by atoms with Crippen molar-refractivity contribution in [3.63, 3.8) is 0 Å². The van der Waals surface area contributed by atoms with E-state index in [0.29, 0.717) is 12.6 Å². The van der Waals surface area contributed by atoms with E-state index < -0.39 is 0 Å². The molecule has 0 aromatic carbocycles. The van der Waals surface area contributed by atoms with Crippen molar-refractivity contribution in [1.82, 2.24) is 15.0 Å². The average Bonchev–Trinajstić information content (AvgIpc) is 2.32. The Labute approximate surface area is 120 Å². The first-order chi connectivity index (χ1) is 8.75. The Morgan fingerprint density at radius 3 is 2.42 bits per heavy atom. The van der Waals surface area contributed by atoms with Gasteiger partial charge in [0.25, 0.3) is 0 Å². The molecule has 5 nitrogen and oxygen atoms in total. The van der Waals surface area contributed by atoms with E-state index in [0.717, 1.165) is 6.42 Å². The minimum absolute atomic E-state index is 0.109. The van der Waals surface area contributed by atoms with Crippen LogP contribution in [0.5, 0.6) is 6.01 Å². The number of rotatable bonds is 5. The van der Waals surface area contributed by atoms with Gasteiger partial charge in [-0.1, -0.05) is 27.7 Å². The van der Waals surface area contributed by atoms with Crippen LogP contribution in [0.4, 0.5) is 5.95 Å². The van der Waals surface area contributed by atoms with E-state index in [2.05, 4.69) is 42.6 Å². The van der Waals surface area contributed by atoms with Gasteiger partial charge in [-0.25, -0.2) is 0 Å². The molecule has 1 aromatic heterocycles. The number of aromatic nitrogens is 3. The second-order valence-electron chi connectivity index (χ2n) is 5.69.